The molecule has 0 saturated heterocycles. The number of hydrogen-bond acceptors (Lipinski definition) is 2. The second-order valence-electron chi connectivity index (χ2n) is 5.50. The van der Waals surface area contributed by atoms with Crippen LogP contribution in [0.25, 0.3) is 0 Å². The summed E-state index contributed by atoms with van der Waals surface area (Å²) in [5.41, 5.74) is 2.19. The van der Waals surface area contributed by atoms with Crippen LogP contribution in [0, 0.1) is 5.82 Å². The Kier molecular flexibility index (Phi) is 4.81. The van der Waals surface area contributed by atoms with Gasteiger partial charge in [0.1, 0.15) is 0 Å². The van der Waals surface area contributed by atoms with Gasteiger partial charge in [0, 0.05) is 6.04 Å². The van der Waals surface area contributed by atoms with Crippen molar-refractivity contribution in [2.24, 2.45) is 0 Å². The van der Waals surface area contributed by atoms with Gasteiger partial charge in [-0.25, -0.2) is 4.39 Å². The van der Waals surface area contributed by atoms with E-state index in [1.165, 1.54) is 6.07 Å². The number of hydrogen-bond donors (Lipinski definition) is 1. The van der Waals surface area contributed by atoms with Crippen LogP contribution in [0.4, 0.5) is 4.39 Å². The molecule has 0 radical (unpaired) electrons. The number of aromatic hydroxyl groups is 1. The van der Waals surface area contributed by atoms with Crippen molar-refractivity contribution >= 4 is 0 Å². The van der Waals surface area contributed by atoms with E-state index in [1.54, 1.807) is 6.07 Å². The molecule has 0 aromatic heterocycles. The van der Waals surface area contributed by atoms with E-state index in [1.807, 2.05) is 0 Å². The van der Waals surface area contributed by atoms with Crippen molar-refractivity contribution < 1.29 is 9.50 Å². The summed E-state index contributed by atoms with van der Waals surface area (Å²) in [5, 5.41) is 9.52. The zero-order chi connectivity index (χ0) is 13.8. The van der Waals surface area contributed by atoms with Crippen LogP contribution in [0.2, 0.25) is 0 Å². The van der Waals surface area contributed by atoms with Crippen LogP contribution < -0.4 is 0 Å². The minimum absolute atomic E-state index is 0.211. The van der Waals surface area contributed by atoms with E-state index >= 15 is 0 Å². The van der Waals surface area contributed by atoms with Crippen molar-refractivity contribution in [3.05, 3.63) is 29.1 Å². The number of benzene rings is 1. The predicted octanol–water partition coefficient (Wildman–Crippen LogP) is 3.51. The van der Waals surface area contributed by atoms with Crippen LogP contribution in [0.3, 0.4) is 0 Å². The van der Waals surface area contributed by atoms with Crippen molar-refractivity contribution in [3.8, 4) is 5.75 Å². The molecule has 0 bridgehead atoms. The Morgan fingerprint density at radius 1 is 1.21 bits per heavy atom. The third-order valence-corrected chi connectivity index (χ3v) is 4.01. The molecule has 1 aromatic carbocycles. The van der Waals surface area contributed by atoms with Gasteiger partial charge in [0.2, 0.25) is 0 Å². The fourth-order valence-corrected chi connectivity index (χ4v) is 3.11. The third kappa shape index (κ3) is 3.27. The lowest BCUT2D eigenvalue weighted by Gasteiger charge is -2.35. The van der Waals surface area contributed by atoms with E-state index in [2.05, 4.69) is 18.7 Å². The van der Waals surface area contributed by atoms with Crippen molar-refractivity contribution in [3.63, 3.8) is 0 Å². The molecule has 2 rings (SSSR count). The summed E-state index contributed by atoms with van der Waals surface area (Å²) in [5.74, 6) is -0.701. The minimum atomic E-state index is -0.490. The number of phenols is 1. The number of fused-ring (bicyclic) bond motifs is 1. The molecule has 0 aliphatic heterocycles. The highest BCUT2D eigenvalue weighted by molar-refractivity contribution is 5.38. The fraction of sp³-hybridized carbons (Fsp3) is 0.625. The highest BCUT2D eigenvalue weighted by Crippen LogP contribution is 2.29. The smallest absolute Gasteiger partial charge is 0.165 e. The summed E-state index contributed by atoms with van der Waals surface area (Å²) >= 11 is 0. The Hall–Kier alpha value is -1.09. The average Bonchev–Trinajstić information content (AvgIpc) is 2.39. The van der Waals surface area contributed by atoms with E-state index in [0.717, 1.165) is 56.3 Å². The number of phenolic OH excluding ortho intramolecular Hbond substituents is 1. The molecular formula is C16H24FNO. The number of nitrogens with zero attached hydrogens (tertiary/aromatic N) is 1. The Bertz CT molecular complexity index is 427. The quantitative estimate of drug-likeness (QED) is 0.880. The lowest BCUT2D eigenvalue weighted by atomic mass is 9.87. The molecule has 0 amide bonds. The zero-order valence-corrected chi connectivity index (χ0v) is 12.0. The first-order chi connectivity index (χ1) is 9.15. The molecule has 3 heteroatoms. The van der Waals surface area contributed by atoms with Crippen LogP contribution in [-0.2, 0) is 12.8 Å². The molecule has 1 aliphatic carbocycles. The summed E-state index contributed by atoms with van der Waals surface area (Å²) in [6.45, 7) is 6.67. The van der Waals surface area contributed by atoms with Gasteiger partial charge in [0.25, 0.3) is 0 Å². The Morgan fingerprint density at radius 2 is 1.89 bits per heavy atom. The van der Waals surface area contributed by atoms with Crippen LogP contribution in [0.15, 0.2) is 12.1 Å². The van der Waals surface area contributed by atoms with Gasteiger partial charge in [0.15, 0.2) is 11.6 Å². The molecular weight excluding hydrogens is 241 g/mol. The van der Waals surface area contributed by atoms with Crippen molar-refractivity contribution in [1.29, 1.82) is 0 Å². The lowest BCUT2D eigenvalue weighted by Crippen LogP contribution is -2.40. The SMILES string of the molecule is CCCN(CCC)[C@H]1CCc2cc(F)c(O)cc2C1. The van der Waals surface area contributed by atoms with E-state index < -0.39 is 5.82 Å². The van der Waals surface area contributed by atoms with E-state index in [4.69, 9.17) is 0 Å². The lowest BCUT2D eigenvalue weighted by molar-refractivity contribution is 0.180. The molecule has 1 aliphatic rings. The summed E-state index contributed by atoms with van der Waals surface area (Å²) in [6, 6.07) is 3.66. The summed E-state index contributed by atoms with van der Waals surface area (Å²) < 4.78 is 13.3. The molecule has 0 unspecified atom stereocenters. The normalized spacial score (nSPS) is 18.6. The van der Waals surface area contributed by atoms with Gasteiger partial charge in [-0.3, -0.25) is 0 Å². The summed E-state index contributed by atoms with van der Waals surface area (Å²) in [7, 11) is 0. The maximum atomic E-state index is 13.3. The predicted molar refractivity (Wildman–Crippen MR) is 76.0 cm³/mol. The maximum absolute atomic E-state index is 13.3. The van der Waals surface area contributed by atoms with Gasteiger partial charge >= 0.3 is 0 Å². The summed E-state index contributed by atoms with van der Waals surface area (Å²) in [6.07, 6.45) is 5.28. The standard InChI is InChI=1S/C16H24FNO/c1-3-7-18(8-4-2)14-6-5-12-10-15(17)16(19)11-13(12)9-14/h10-11,14,19H,3-9H2,1-2H3/t14-/m0/s1. The first-order valence-electron chi connectivity index (χ1n) is 7.40. The molecule has 1 N–H and O–H groups in total. The van der Waals surface area contributed by atoms with Crippen LogP contribution >= 0.6 is 0 Å². The fourth-order valence-electron chi connectivity index (χ4n) is 3.11. The number of rotatable bonds is 5. The highest BCUT2D eigenvalue weighted by Gasteiger charge is 2.24. The molecule has 0 saturated carbocycles. The second kappa shape index (κ2) is 6.38. The molecule has 1 aromatic rings. The topological polar surface area (TPSA) is 23.5 Å². The summed E-state index contributed by atoms with van der Waals surface area (Å²) in [4.78, 5) is 2.54. The second-order valence-corrected chi connectivity index (χ2v) is 5.50. The molecule has 19 heavy (non-hydrogen) atoms. The monoisotopic (exact) mass is 265 g/mol. The van der Waals surface area contributed by atoms with Crippen LogP contribution in [0.5, 0.6) is 5.75 Å². The van der Waals surface area contributed by atoms with Crippen molar-refractivity contribution in [1.82, 2.24) is 4.90 Å². The van der Waals surface area contributed by atoms with E-state index in [9.17, 15) is 9.50 Å². The molecule has 0 heterocycles. The zero-order valence-electron chi connectivity index (χ0n) is 12.0. The van der Waals surface area contributed by atoms with E-state index in [0.29, 0.717) is 6.04 Å². The molecule has 2 nitrogen and oxygen atoms in total. The van der Waals surface area contributed by atoms with Crippen LogP contribution in [0.1, 0.15) is 44.2 Å². The van der Waals surface area contributed by atoms with Crippen LogP contribution in [-0.4, -0.2) is 29.1 Å². The van der Waals surface area contributed by atoms with Gasteiger partial charge in [-0.2, -0.15) is 0 Å². The van der Waals surface area contributed by atoms with Gasteiger partial charge in [-0.15, -0.1) is 0 Å². The Labute approximate surface area is 115 Å². The average molecular weight is 265 g/mol. The third-order valence-electron chi connectivity index (χ3n) is 4.01. The van der Waals surface area contributed by atoms with Crippen molar-refractivity contribution in [2.75, 3.05) is 13.1 Å². The van der Waals surface area contributed by atoms with Crippen molar-refractivity contribution in [2.45, 2.75) is 52.0 Å². The number of aryl methyl sites for hydroxylation is 1. The maximum Gasteiger partial charge on any atom is 0.165 e. The molecule has 106 valence electrons. The largest absolute Gasteiger partial charge is 0.505 e. The van der Waals surface area contributed by atoms with Gasteiger partial charge < -0.3 is 10.0 Å². The van der Waals surface area contributed by atoms with Gasteiger partial charge in [0.05, 0.1) is 0 Å². The molecule has 0 fully saturated rings. The van der Waals surface area contributed by atoms with E-state index in [-0.39, 0.29) is 5.75 Å². The van der Waals surface area contributed by atoms with Gasteiger partial charge in [-0.1, -0.05) is 13.8 Å². The molecule has 1 atom stereocenters. The Morgan fingerprint density at radius 3 is 2.53 bits per heavy atom. The minimum Gasteiger partial charge on any atom is -0.505 e. The highest BCUT2D eigenvalue weighted by atomic mass is 19.1. The Balaban J connectivity index is 2.14. The first-order valence-corrected chi connectivity index (χ1v) is 7.40. The first kappa shape index (κ1) is 14.3. The molecule has 0 spiro atoms. The number of halogens is 1. The van der Waals surface area contributed by atoms with Gasteiger partial charge in [-0.05, 0) is 68.5 Å².